The van der Waals surface area contributed by atoms with Crippen LogP contribution in [-0.4, -0.2) is 37.2 Å². The molecule has 3 aliphatic heterocycles. The maximum absolute atomic E-state index is 5.58. The van der Waals surface area contributed by atoms with Crippen molar-refractivity contribution in [3.8, 4) is 16.9 Å². The van der Waals surface area contributed by atoms with Gasteiger partial charge in [-0.05, 0) is 61.0 Å². The van der Waals surface area contributed by atoms with Crippen LogP contribution in [0.2, 0.25) is 0 Å². The van der Waals surface area contributed by atoms with Crippen molar-refractivity contribution in [1.82, 2.24) is 10.2 Å². The quantitative estimate of drug-likeness (QED) is 0.580. The number of piperidine rings is 3. The predicted molar refractivity (Wildman–Crippen MR) is 127 cm³/mol. The minimum Gasteiger partial charge on any atom is -0.496 e. The van der Waals surface area contributed by atoms with E-state index in [1.165, 1.54) is 48.2 Å². The number of para-hydroxylation sites is 1. The zero-order valence-corrected chi connectivity index (χ0v) is 18.3. The minimum atomic E-state index is 0.510. The van der Waals surface area contributed by atoms with E-state index in [1.807, 2.05) is 6.07 Å². The summed E-state index contributed by atoms with van der Waals surface area (Å²) in [7, 11) is 1.76. The van der Waals surface area contributed by atoms with Crippen LogP contribution in [0.3, 0.4) is 0 Å². The number of rotatable bonds is 7. The number of ether oxygens (including phenoxy) is 1. The smallest absolute Gasteiger partial charge is 0.123 e. The van der Waals surface area contributed by atoms with E-state index in [1.54, 1.807) is 7.11 Å². The molecule has 0 saturated carbocycles. The maximum Gasteiger partial charge on any atom is 0.123 e. The van der Waals surface area contributed by atoms with Crippen LogP contribution in [0.15, 0.2) is 78.9 Å². The molecule has 3 saturated heterocycles. The molecule has 3 fully saturated rings. The van der Waals surface area contributed by atoms with Gasteiger partial charge in [0.1, 0.15) is 5.75 Å². The average Bonchev–Trinajstić information content (AvgIpc) is 2.85. The fraction of sp³-hybridized carbons (Fsp3) is 0.357. The summed E-state index contributed by atoms with van der Waals surface area (Å²) in [6.07, 6.45) is 3.70. The van der Waals surface area contributed by atoms with Crippen molar-refractivity contribution in [3.63, 3.8) is 0 Å². The lowest BCUT2D eigenvalue weighted by atomic mass is 9.76. The number of hydrogen-bond acceptors (Lipinski definition) is 3. The number of benzene rings is 3. The third-order valence-electron chi connectivity index (χ3n) is 7.22. The molecule has 3 aromatic carbocycles. The number of nitrogens with one attached hydrogen (secondary N) is 1. The average molecular weight is 413 g/mol. The van der Waals surface area contributed by atoms with Crippen molar-refractivity contribution in [1.29, 1.82) is 0 Å². The van der Waals surface area contributed by atoms with Gasteiger partial charge in [0.15, 0.2) is 0 Å². The molecule has 0 spiro atoms. The molecule has 0 radical (unpaired) electrons. The molecule has 3 heterocycles. The first-order chi connectivity index (χ1) is 15.3. The zero-order chi connectivity index (χ0) is 21.0. The first-order valence-corrected chi connectivity index (χ1v) is 11.6. The van der Waals surface area contributed by atoms with E-state index >= 15 is 0 Å². The molecule has 2 bridgehead atoms. The fourth-order valence-electron chi connectivity index (χ4n) is 5.61. The normalized spacial score (nSPS) is 24.8. The number of hydrogen-bond donors (Lipinski definition) is 1. The largest absolute Gasteiger partial charge is 0.496 e. The van der Waals surface area contributed by atoms with Gasteiger partial charge in [-0.15, -0.1) is 0 Å². The highest BCUT2D eigenvalue weighted by molar-refractivity contribution is 5.67. The van der Waals surface area contributed by atoms with Crippen LogP contribution in [0.1, 0.15) is 24.0 Å². The molecule has 1 N–H and O–H groups in total. The first kappa shape index (κ1) is 20.3. The molecule has 6 rings (SSSR count). The molecule has 160 valence electrons. The van der Waals surface area contributed by atoms with Gasteiger partial charge >= 0.3 is 0 Å². The molecule has 2 unspecified atom stereocenters. The molecule has 3 aliphatic rings. The van der Waals surface area contributed by atoms with Crippen LogP contribution < -0.4 is 10.1 Å². The molecule has 0 amide bonds. The van der Waals surface area contributed by atoms with E-state index < -0.39 is 0 Å². The highest BCUT2D eigenvalue weighted by Gasteiger charge is 2.41. The monoisotopic (exact) mass is 412 g/mol. The second kappa shape index (κ2) is 9.25. The lowest BCUT2D eigenvalue weighted by molar-refractivity contribution is 0.0127. The van der Waals surface area contributed by atoms with Crippen molar-refractivity contribution in [2.75, 3.05) is 20.2 Å². The summed E-state index contributed by atoms with van der Waals surface area (Å²) >= 11 is 0. The lowest BCUT2D eigenvalue weighted by Gasteiger charge is -2.51. The minimum absolute atomic E-state index is 0.510. The molecule has 0 aromatic heterocycles. The van der Waals surface area contributed by atoms with Crippen LogP contribution in [0.5, 0.6) is 5.75 Å². The van der Waals surface area contributed by atoms with Gasteiger partial charge in [-0.2, -0.15) is 0 Å². The van der Waals surface area contributed by atoms with Gasteiger partial charge in [-0.1, -0.05) is 72.8 Å². The number of fused-ring (bicyclic) bond motifs is 3. The zero-order valence-electron chi connectivity index (χ0n) is 18.3. The summed E-state index contributed by atoms with van der Waals surface area (Å²) in [4.78, 5) is 2.72. The van der Waals surface area contributed by atoms with E-state index in [0.717, 1.165) is 24.6 Å². The van der Waals surface area contributed by atoms with Gasteiger partial charge in [-0.25, -0.2) is 0 Å². The van der Waals surface area contributed by atoms with Gasteiger partial charge in [0, 0.05) is 24.2 Å². The van der Waals surface area contributed by atoms with E-state index in [4.69, 9.17) is 4.74 Å². The Bertz CT molecular complexity index is 995. The Morgan fingerprint density at radius 3 is 2.29 bits per heavy atom. The van der Waals surface area contributed by atoms with Crippen molar-refractivity contribution in [3.05, 3.63) is 90.0 Å². The maximum atomic E-state index is 5.58. The summed E-state index contributed by atoms with van der Waals surface area (Å²) in [5, 5.41) is 3.95. The van der Waals surface area contributed by atoms with Crippen molar-refractivity contribution < 1.29 is 4.74 Å². The lowest BCUT2D eigenvalue weighted by Crippen LogP contribution is -2.63. The molecule has 31 heavy (non-hydrogen) atoms. The van der Waals surface area contributed by atoms with E-state index in [2.05, 4.69) is 83.0 Å². The topological polar surface area (TPSA) is 24.5 Å². The van der Waals surface area contributed by atoms with E-state index in [0.29, 0.717) is 12.1 Å². The molecule has 2 atom stereocenters. The van der Waals surface area contributed by atoms with Gasteiger partial charge in [0.2, 0.25) is 0 Å². The Hall–Kier alpha value is -2.62. The fourth-order valence-corrected chi connectivity index (χ4v) is 5.61. The van der Waals surface area contributed by atoms with Gasteiger partial charge < -0.3 is 10.1 Å². The summed E-state index contributed by atoms with van der Waals surface area (Å²) in [5.41, 5.74) is 5.38. The van der Waals surface area contributed by atoms with Crippen molar-refractivity contribution in [2.45, 2.75) is 37.9 Å². The van der Waals surface area contributed by atoms with Crippen LogP contribution in [-0.2, 0) is 13.0 Å². The summed E-state index contributed by atoms with van der Waals surface area (Å²) in [6.45, 7) is 3.32. The Morgan fingerprint density at radius 2 is 1.52 bits per heavy atom. The number of methoxy groups -OCH3 is 1. The Kier molecular flexibility index (Phi) is 6.06. The Morgan fingerprint density at radius 1 is 0.839 bits per heavy atom. The van der Waals surface area contributed by atoms with Crippen molar-refractivity contribution in [2.24, 2.45) is 5.92 Å². The second-order valence-corrected chi connectivity index (χ2v) is 8.89. The molecule has 3 nitrogen and oxygen atoms in total. The third kappa shape index (κ3) is 4.26. The summed E-state index contributed by atoms with van der Waals surface area (Å²) in [5.74, 6) is 1.73. The highest BCUT2D eigenvalue weighted by Crippen LogP contribution is 2.36. The summed E-state index contributed by atoms with van der Waals surface area (Å²) < 4.78 is 5.58. The third-order valence-corrected chi connectivity index (χ3v) is 7.22. The molecular formula is C28H32N2O. The van der Waals surface area contributed by atoms with Gasteiger partial charge in [-0.3, -0.25) is 4.90 Å². The molecule has 0 aliphatic carbocycles. The highest BCUT2D eigenvalue weighted by atomic mass is 16.5. The SMILES string of the molecule is COc1ccccc1CNC1C2CCN(CC2)C1Cc1ccccc1-c1ccccc1. The Balaban J connectivity index is 1.39. The van der Waals surface area contributed by atoms with Crippen LogP contribution in [0, 0.1) is 5.92 Å². The van der Waals surface area contributed by atoms with Gasteiger partial charge in [0.05, 0.1) is 7.11 Å². The van der Waals surface area contributed by atoms with Crippen LogP contribution in [0.4, 0.5) is 0 Å². The van der Waals surface area contributed by atoms with E-state index in [-0.39, 0.29) is 0 Å². The van der Waals surface area contributed by atoms with Crippen LogP contribution >= 0.6 is 0 Å². The predicted octanol–water partition coefficient (Wildman–Crippen LogP) is 5.16. The van der Waals surface area contributed by atoms with Gasteiger partial charge in [0.25, 0.3) is 0 Å². The standard InChI is InChI=1S/C28H32N2O/c1-31-27-14-8-6-12-24(27)20-29-28-22-15-17-30(18-16-22)26(28)19-23-11-5-7-13-25(23)21-9-3-2-4-10-21/h2-14,22,26,28-29H,15-20H2,1H3. The first-order valence-electron chi connectivity index (χ1n) is 11.6. The number of nitrogens with zero attached hydrogens (tertiary/aromatic N) is 1. The Labute approximate surface area is 186 Å². The van der Waals surface area contributed by atoms with Crippen LogP contribution in [0.25, 0.3) is 11.1 Å². The summed E-state index contributed by atoms with van der Waals surface area (Å²) in [6, 6.07) is 29.2. The molecule has 3 heteroatoms. The second-order valence-electron chi connectivity index (χ2n) is 8.89. The van der Waals surface area contributed by atoms with Crippen molar-refractivity contribution >= 4 is 0 Å². The van der Waals surface area contributed by atoms with E-state index in [9.17, 15) is 0 Å². The molecule has 3 aromatic rings. The molecular weight excluding hydrogens is 380 g/mol.